The van der Waals surface area contributed by atoms with Crippen LogP contribution in [0.5, 0.6) is 0 Å². The maximum atomic E-state index is 5.71. The summed E-state index contributed by atoms with van der Waals surface area (Å²) in [6.07, 6.45) is 0. The van der Waals surface area contributed by atoms with Crippen LogP contribution < -0.4 is 0 Å². The Morgan fingerprint density at radius 2 is 1.73 bits per heavy atom. The van der Waals surface area contributed by atoms with Crippen LogP contribution in [0, 0.1) is 13.8 Å². The van der Waals surface area contributed by atoms with Crippen molar-refractivity contribution in [2.45, 2.75) is 13.8 Å². The number of benzene rings is 2. The van der Waals surface area contributed by atoms with E-state index in [-0.39, 0.29) is 0 Å². The van der Waals surface area contributed by atoms with Gasteiger partial charge in [-0.05, 0) is 43.7 Å². The summed E-state index contributed by atoms with van der Waals surface area (Å²) in [7, 11) is 0. The lowest BCUT2D eigenvalue weighted by Crippen LogP contribution is -1.82. The van der Waals surface area contributed by atoms with Gasteiger partial charge in [-0.1, -0.05) is 30.3 Å². The fourth-order valence-electron chi connectivity index (χ4n) is 2.72. The molecule has 2 heterocycles. The van der Waals surface area contributed by atoms with Crippen molar-refractivity contribution in [2.75, 3.05) is 0 Å². The molecule has 0 amide bonds. The molecular weight excluding hydrogens is 272 g/mol. The highest BCUT2D eigenvalue weighted by atomic mass is 16.3. The number of rotatable bonds is 2. The number of aryl methyl sites for hydroxylation is 2. The average molecular weight is 288 g/mol. The summed E-state index contributed by atoms with van der Waals surface area (Å²) in [6.45, 7) is 4.04. The normalized spacial score (nSPS) is 11.2. The van der Waals surface area contributed by atoms with E-state index in [1.165, 1.54) is 5.56 Å². The predicted octanol–water partition coefficient (Wildman–Crippen LogP) is 5.11. The minimum atomic E-state index is 0.881. The van der Waals surface area contributed by atoms with Crippen LogP contribution in [0.3, 0.4) is 0 Å². The second kappa shape index (κ2) is 4.88. The van der Waals surface area contributed by atoms with Crippen LogP contribution in [0.15, 0.2) is 59.0 Å². The fourth-order valence-corrected chi connectivity index (χ4v) is 2.72. The summed E-state index contributed by atoms with van der Waals surface area (Å²) < 4.78 is 5.71. The van der Waals surface area contributed by atoms with Gasteiger partial charge in [0, 0.05) is 11.1 Å². The van der Waals surface area contributed by atoms with Gasteiger partial charge in [-0.2, -0.15) is 0 Å². The van der Waals surface area contributed by atoms with E-state index in [0.717, 1.165) is 39.5 Å². The first-order chi connectivity index (χ1) is 10.7. The number of aromatic nitrogens is 2. The Hall–Kier alpha value is -2.81. The molecule has 3 nitrogen and oxygen atoms in total. The van der Waals surface area contributed by atoms with E-state index in [9.17, 15) is 0 Å². The zero-order valence-electron chi connectivity index (χ0n) is 12.6. The molecule has 2 aromatic carbocycles. The van der Waals surface area contributed by atoms with Gasteiger partial charge in [0.05, 0.1) is 11.0 Å². The highest BCUT2D eigenvalue weighted by molar-refractivity contribution is 5.82. The minimum Gasteiger partial charge on any atom is -0.461 e. The largest absolute Gasteiger partial charge is 0.461 e. The Kier molecular flexibility index (Phi) is 2.86. The number of nitrogens with zero attached hydrogens (tertiary/aromatic N) is 1. The van der Waals surface area contributed by atoms with Crippen LogP contribution in [-0.4, -0.2) is 9.97 Å². The molecule has 0 aliphatic rings. The van der Waals surface area contributed by atoms with Crippen molar-refractivity contribution in [3.8, 4) is 22.7 Å². The predicted molar refractivity (Wildman–Crippen MR) is 88.7 cm³/mol. The van der Waals surface area contributed by atoms with Crippen LogP contribution in [0.1, 0.15) is 11.3 Å². The van der Waals surface area contributed by atoms with Crippen molar-refractivity contribution in [3.05, 3.63) is 65.9 Å². The lowest BCUT2D eigenvalue weighted by molar-refractivity contribution is 0.548. The third kappa shape index (κ3) is 2.11. The highest BCUT2D eigenvalue weighted by Crippen LogP contribution is 2.28. The molecule has 1 N–H and O–H groups in total. The molecule has 0 radical (unpaired) electrons. The van der Waals surface area contributed by atoms with Gasteiger partial charge in [0.25, 0.3) is 0 Å². The molecule has 0 unspecified atom stereocenters. The zero-order chi connectivity index (χ0) is 15.1. The topological polar surface area (TPSA) is 41.8 Å². The molecule has 0 aliphatic heterocycles. The van der Waals surface area contributed by atoms with E-state index in [1.807, 2.05) is 37.3 Å². The molecule has 0 saturated heterocycles. The average Bonchev–Trinajstić information content (AvgIpc) is 3.14. The van der Waals surface area contributed by atoms with Crippen molar-refractivity contribution >= 4 is 11.0 Å². The Morgan fingerprint density at radius 3 is 2.50 bits per heavy atom. The Morgan fingerprint density at radius 1 is 0.909 bits per heavy atom. The molecule has 0 aliphatic carbocycles. The third-order valence-corrected chi connectivity index (χ3v) is 3.89. The number of H-pyrrole nitrogens is 1. The van der Waals surface area contributed by atoms with Gasteiger partial charge in [-0.15, -0.1) is 0 Å². The van der Waals surface area contributed by atoms with Crippen molar-refractivity contribution in [3.63, 3.8) is 0 Å². The quantitative estimate of drug-likeness (QED) is 0.557. The molecule has 4 rings (SSSR count). The number of furan rings is 1. The van der Waals surface area contributed by atoms with Crippen molar-refractivity contribution in [1.29, 1.82) is 0 Å². The van der Waals surface area contributed by atoms with E-state index >= 15 is 0 Å². The van der Waals surface area contributed by atoms with Gasteiger partial charge < -0.3 is 9.40 Å². The number of imidazole rings is 1. The summed E-state index contributed by atoms with van der Waals surface area (Å²) in [4.78, 5) is 8.12. The number of para-hydroxylation sites is 1. The van der Waals surface area contributed by atoms with Gasteiger partial charge in [-0.3, -0.25) is 0 Å². The number of fused-ring (bicyclic) bond motifs is 1. The van der Waals surface area contributed by atoms with Gasteiger partial charge in [0.15, 0.2) is 0 Å². The molecular formula is C19H16N2O. The number of nitrogens with one attached hydrogen (secondary N) is 1. The van der Waals surface area contributed by atoms with E-state index in [4.69, 9.17) is 9.40 Å². The SMILES string of the molecule is Cc1ccc(-c2cccc(-c3nc4cccc(C)c4[nH]3)c2)o1. The van der Waals surface area contributed by atoms with E-state index in [1.54, 1.807) is 0 Å². The van der Waals surface area contributed by atoms with Crippen molar-refractivity contribution < 1.29 is 4.42 Å². The van der Waals surface area contributed by atoms with Crippen LogP contribution in [0.2, 0.25) is 0 Å². The van der Waals surface area contributed by atoms with Crippen LogP contribution in [0.4, 0.5) is 0 Å². The molecule has 0 spiro atoms. The molecule has 2 aromatic heterocycles. The molecule has 3 heteroatoms. The Labute approximate surface area is 128 Å². The van der Waals surface area contributed by atoms with Gasteiger partial charge in [-0.25, -0.2) is 4.98 Å². The van der Waals surface area contributed by atoms with Crippen LogP contribution >= 0.6 is 0 Å². The lowest BCUT2D eigenvalue weighted by atomic mass is 10.1. The molecule has 0 atom stereocenters. The summed E-state index contributed by atoms with van der Waals surface area (Å²) in [5.41, 5.74) is 5.41. The van der Waals surface area contributed by atoms with Crippen LogP contribution in [-0.2, 0) is 0 Å². The monoisotopic (exact) mass is 288 g/mol. The third-order valence-electron chi connectivity index (χ3n) is 3.89. The Bertz CT molecular complexity index is 962. The first kappa shape index (κ1) is 12.9. The lowest BCUT2D eigenvalue weighted by Gasteiger charge is -2.01. The highest BCUT2D eigenvalue weighted by Gasteiger charge is 2.09. The minimum absolute atomic E-state index is 0.881. The summed E-state index contributed by atoms with van der Waals surface area (Å²) in [5, 5.41) is 0. The van der Waals surface area contributed by atoms with Crippen LogP contribution in [0.25, 0.3) is 33.7 Å². The number of hydrogen-bond donors (Lipinski definition) is 1. The first-order valence-electron chi connectivity index (χ1n) is 7.33. The molecule has 0 fully saturated rings. The first-order valence-corrected chi connectivity index (χ1v) is 7.33. The molecule has 4 aromatic rings. The van der Waals surface area contributed by atoms with Crippen molar-refractivity contribution in [1.82, 2.24) is 9.97 Å². The summed E-state index contributed by atoms with van der Waals surface area (Å²) in [5.74, 6) is 2.68. The maximum Gasteiger partial charge on any atom is 0.138 e. The Balaban J connectivity index is 1.83. The van der Waals surface area contributed by atoms with E-state index in [0.29, 0.717) is 0 Å². The second-order valence-electron chi connectivity index (χ2n) is 5.55. The molecule has 0 saturated carbocycles. The standard InChI is InChI=1S/C19H16N2O/c1-12-5-3-8-16-18(12)21-19(20-16)15-7-4-6-14(11-15)17-10-9-13(2)22-17/h3-11H,1-2H3,(H,20,21). The number of hydrogen-bond acceptors (Lipinski definition) is 2. The van der Waals surface area contributed by atoms with Gasteiger partial charge in [0.2, 0.25) is 0 Å². The van der Waals surface area contributed by atoms with Crippen molar-refractivity contribution in [2.24, 2.45) is 0 Å². The molecule has 0 bridgehead atoms. The molecule has 108 valence electrons. The summed E-state index contributed by atoms with van der Waals surface area (Å²) >= 11 is 0. The van der Waals surface area contributed by atoms with E-state index < -0.39 is 0 Å². The van der Waals surface area contributed by atoms with Gasteiger partial charge in [0.1, 0.15) is 17.3 Å². The zero-order valence-corrected chi connectivity index (χ0v) is 12.6. The number of aromatic amines is 1. The molecule has 22 heavy (non-hydrogen) atoms. The summed E-state index contributed by atoms with van der Waals surface area (Å²) in [6, 6.07) is 18.4. The van der Waals surface area contributed by atoms with E-state index in [2.05, 4.69) is 36.2 Å². The van der Waals surface area contributed by atoms with Gasteiger partial charge >= 0.3 is 0 Å². The second-order valence-corrected chi connectivity index (χ2v) is 5.55. The fraction of sp³-hybridized carbons (Fsp3) is 0.105. The smallest absolute Gasteiger partial charge is 0.138 e. The maximum absolute atomic E-state index is 5.71.